The lowest BCUT2D eigenvalue weighted by molar-refractivity contribution is -0.141. The molecular formula is C23H21Cl2NO5. The molecule has 1 saturated carbocycles. The van der Waals surface area contributed by atoms with Gasteiger partial charge in [0, 0.05) is 11.6 Å². The second-order valence-electron chi connectivity index (χ2n) is 7.70. The lowest BCUT2D eigenvalue weighted by Crippen LogP contribution is -2.37. The van der Waals surface area contributed by atoms with E-state index in [1.165, 1.54) is 25.3 Å². The number of ketones is 1. The van der Waals surface area contributed by atoms with Crippen LogP contribution in [0.2, 0.25) is 10.0 Å². The number of carbonyl (C=O) groups is 2. The third-order valence-electron chi connectivity index (χ3n) is 5.91. The van der Waals surface area contributed by atoms with Crippen molar-refractivity contribution in [2.45, 2.75) is 37.8 Å². The average molecular weight is 462 g/mol. The maximum Gasteiger partial charge on any atom is 0.295 e. The minimum absolute atomic E-state index is 0.0250. The molecule has 1 atom stereocenters. The Morgan fingerprint density at radius 1 is 1.06 bits per heavy atom. The molecule has 0 radical (unpaired) electrons. The highest BCUT2D eigenvalue weighted by Gasteiger charge is 2.49. The van der Waals surface area contributed by atoms with Crippen molar-refractivity contribution < 1.29 is 24.5 Å². The molecule has 2 N–H and O–H groups in total. The van der Waals surface area contributed by atoms with Crippen LogP contribution in [0.5, 0.6) is 11.5 Å². The number of nitrogens with zero attached hydrogens (tertiary/aromatic N) is 1. The van der Waals surface area contributed by atoms with Crippen LogP contribution in [0.15, 0.2) is 42.0 Å². The van der Waals surface area contributed by atoms with Gasteiger partial charge in [-0.15, -0.1) is 0 Å². The van der Waals surface area contributed by atoms with Crippen molar-refractivity contribution in [1.29, 1.82) is 0 Å². The summed E-state index contributed by atoms with van der Waals surface area (Å²) in [4.78, 5) is 27.7. The lowest BCUT2D eigenvalue weighted by atomic mass is 9.94. The number of amides is 1. The number of aromatic hydroxyl groups is 1. The SMILES string of the molecule is COc1cc(/C(O)=C2/C(=O)C(=O)N(C3CCCC3)C2c2ccc(O)c(Cl)c2)ccc1Cl. The Balaban J connectivity index is 1.91. The number of hydrogen-bond donors (Lipinski definition) is 2. The molecule has 2 fully saturated rings. The first kappa shape index (κ1) is 21.5. The van der Waals surface area contributed by atoms with Gasteiger partial charge in [0.1, 0.15) is 17.3 Å². The van der Waals surface area contributed by atoms with Crippen LogP contribution in [0.4, 0.5) is 0 Å². The highest BCUT2D eigenvalue weighted by atomic mass is 35.5. The molecule has 2 aromatic rings. The van der Waals surface area contributed by atoms with Gasteiger partial charge >= 0.3 is 0 Å². The molecule has 1 aliphatic heterocycles. The largest absolute Gasteiger partial charge is 0.507 e. The second kappa shape index (κ2) is 8.44. The topological polar surface area (TPSA) is 87.1 Å². The molecule has 31 heavy (non-hydrogen) atoms. The Labute approximate surface area is 189 Å². The highest BCUT2D eigenvalue weighted by molar-refractivity contribution is 6.46. The van der Waals surface area contributed by atoms with Gasteiger partial charge in [-0.1, -0.05) is 42.1 Å². The molecule has 4 rings (SSSR count). The van der Waals surface area contributed by atoms with Crippen LogP contribution in [0.25, 0.3) is 5.76 Å². The number of ether oxygens (including phenoxy) is 1. The van der Waals surface area contributed by atoms with E-state index in [1.807, 2.05) is 0 Å². The fraction of sp³-hybridized carbons (Fsp3) is 0.304. The first-order chi connectivity index (χ1) is 14.8. The summed E-state index contributed by atoms with van der Waals surface area (Å²) in [6.07, 6.45) is 3.49. The van der Waals surface area contributed by atoms with Crippen LogP contribution >= 0.6 is 23.2 Å². The fourth-order valence-electron chi connectivity index (χ4n) is 4.39. The lowest BCUT2D eigenvalue weighted by Gasteiger charge is -2.31. The molecule has 2 aromatic carbocycles. The summed E-state index contributed by atoms with van der Waals surface area (Å²) in [5.41, 5.74) is 0.819. The third kappa shape index (κ3) is 3.75. The zero-order chi connectivity index (χ0) is 22.3. The van der Waals surface area contributed by atoms with Gasteiger partial charge in [-0.3, -0.25) is 9.59 Å². The van der Waals surface area contributed by atoms with E-state index in [4.69, 9.17) is 27.9 Å². The van der Waals surface area contributed by atoms with E-state index in [0.29, 0.717) is 21.9 Å². The van der Waals surface area contributed by atoms with Gasteiger partial charge in [0.2, 0.25) is 0 Å². The van der Waals surface area contributed by atoms with Crippen LogP contribution in [0.3, 0.4) is 0 Å². The van der Waals surface area contributed by atoms with Crippen molar-refractivity contribution in [2.24, 2.45) is 0 Å². The van der Waals surface area contributed by atoms with E-state index < -0.39 is 17.7 Å². The molecule has 6 nitrogen and oxygen atoms in total. The predicted octanol–water partition coefficient (Wildman–Crippen LogP) is 5.07. The summed E-state index contributed by atoms with van der Waals surface area (Å²) >= 11 is 12.2. The van der Waals surface area contributed by atoms with Gasteiger partial charge in [0.15, 0.2) is 0 Å². The smallest absolute Gasteiger partial charge is 0.295 e. The summed E-state index contributed by atoms with van der Waals surface area (Å²) in [7, 11) is 1.45. The van der Waals surface area contributed by atoms with Crippen molar-refractivity contribution in [1.82, 2.24) is 4.90 Å². The van der Waals surface area contributed by atoms with E-state index in [-0.39, 0.29) is 28.1 Å². The summed E-state index contributed by atoms with van der Waals surface area (Å²) in [6.45, 7) is 0. The number of phenols is 1. The minimum atomic E-state index is -0.817. The minimum Gasteiger partial charge on any atom is -0.507 e. The quantitative estimate of drug-likeness (QED) is 0.376. The maximum absolute atomic E-state index is 13.1. The molecule has 1 unspecified atom stereocenters. The van der Waals surface area contributed by atoms with Gasteiger partial charge in [-0.25, -0.2) is 0 Å². The van der Waals surface area contributed by atoms with Crippen molar-refractivity contribution in [2.75, 3.05) is 7.11 Å². The Morgan fingerprint density at radius 3 is 2.42 bits per heavy atom. The molecule has 0 aromatic heterocycles. The van der Waals surface area contributed by atoms with Crippen LogP contribution in [0, 0.1) is 0 Å². The summed E-state index contributed by atoms with van der Waals surface area (Å²) in [6, 6.07) is 8.24. The molecule has 0 spiro atoms. The number of rotatable bonds is 4. The summed E-state index contributed by atoms with van der Waals surface area (Å²) in [5.74, 6) is -1.50. The molecule has 162 valence electrons. The number of benzene rings is 2. The predicted molar refractivity (Wildman–Crippen MR) is 118 cm³/mol. The normalized spacial score (nSPS) is 21.1. The molecule has 1 saturated heterocycles. The molecule has 1 aliphatic carbocycles. The summed E-state index contributed by atoms with van der Waals surface area (Å²) < 4.78 is 5.22. The average Bonchev–Trinajstić information content (AvgIpc) is 3.37. The standard InChI is InChI=1S/C23H21Cl2NO5/c1-31-18-11-13(6-8-15(18)24)21(28)19-20(12-7-9-17(27)16(25)10-12)26(23(30)22(19)29)14-4-2-3-5-14/h6-11,14,20,27-28H,2-5H2,1H3/b21-19-. The number of aliphatic hydroxyl groups excluding tert-OH is 1. The number of likely N-dealkylation sites (tertiary alicyclic amines) is 1. The third-order valence-corrected chi connectivity index (χ3v) is 6.53. The maximum atomic E-state index is 13.1. The monoisotopic (exact) mass is 461 g/mol. The Hall–Kier alpha value is -2.70. The van der Waals surface area contributed by atoms with E-state index in [1.54, 1.807) is 23.1 Å². The first-order valence-electron chi connectivity index (χ1n) is 9.96. The Morgan fingerprint density at radius 2 is 1.77 bits per heavy atom. The second-order valence-corrected chi connectivity index (χ2v) is 8.52. The van der Waals surface area contributed by atoms with E-state index in [9.17, 15) is 19.8 Å². The fourth-order valence-corrected chi connectivity index (χ4v) is 4.78. The number of hydrogen-bond acceptors (Lipinski definition) is 5. The number of aliphatic hydroxyl groups is 1. The number of methoxy groups -OCH3 is 1. The van der Waals surface area contributed by atoms with Gasteiger partial charge in [-0.2, -0.15) is 0 Å². The van der Waals surface area contributed by atoms with Crippen molar-refractivity contribution >= 4 is 40.7 Å². The molecule has 2 aliphatic rings. The number of phenolic OH excluding ortho intramolecular Hbond substituents is 1. The molecule has 0 bridgehead atoms. The molecule has 1 heterocycles. The van der Waals surface area contributed by atoms with Gasteiger partial charge in [-0.05, 0) is 48.7 Å². The zero-order valence-corrected chi connectivity index (χ0v) is 18.3. The molecule has 8 heteroatoms. The highest BCUT2D eigenvalue weighted by Crippen LogP contribution is 2.45. The van der Waals surface area contributed by atoms with E-state index in [2.05, 4.69) is 0 Å². The van der Waals surface area contributed by atoms with E-state index in [0.717, 1.165) is 25.7 Å². The number of Topliss-reactive ketones (excluding diaryl/α,β-unsaturated/α-hetero) is 1. The van der Waals surface area contributed by atoms with Gasteiger partial charge in [0.05, 0.1) is 28.8 Å². The number of halogens is 2. The van der Waals surface area contributed by atoms with Crippen molar-refractivity contribution in [3.8, 4) is 11.5 Å². The molecular weight excluding hydrogens is 441 g/mol. The Kier molecular flexibility index (Phi) is 5.86. The van der Waals surface area contributed by atoms with Crippen LogP contribution in [-0.2, 0) is 9.59 Å². The van der Waals surface area contributed by atoms with Crippen LogP contribution in [-0.4, -0.2) is 40.0 Å². The van der Waals surface area contributed by atoms with Crippen LogP contribution in [0.1, 0.15) is 42.9 Å². The van der Waals surface area contributed by atoms with E-state index >= 15 is 0 Å². The molecule has 1 amide bonds. The van der Waals surface area contributed by atoms with Crippen molar-refractivity contribution in [3.05, 3.63) is 63.1 Å². The number of carbonyl (C=O) groups excluding carboxylic acids is 2. The Bertz CT molecular complexity index is 1090. The van der Waals surface area contributed by atoms with Crippen molar-refractivity contribution in [3.63, 3.8) is 0 Å². The first-order valence-corrected chi connectivity index (χ1v) is 10.7. The van der Waals surface area contributed by atoms with Gasteiger partial charge in [0.25, 0.3) is 11.7 Å². The van der Waals surface area contributed by atoms with Gasteiger partial charge < -0.3 is 19.8 Å². The zero-order valence-electron chi connectivity index (χ0n) is 16.8. The summed E-state index contributed by atoms with van der Waals surface area (Å²) in [5, 5.41) is 21.4. The van der Waals surface area contributed by atoms with Crippen LogP contribution < -0.4 is 4.74 Å².